The van der Waals surface area contributed by atoms with Crippen molar-refractivity contribution in [2.75, 3.05) is 33.3 Å². The first-order valence-electron chi connectivity index (χ1n) is 4.27. The molecule has 0 bridgehead atoms. The zero-order valence-electron chi connectivity index (χ0n) is 8.14. The Bertz CT molecular complexity index is 218. The van der Waals surface area contributed by atoms with Crippen molar-refractivity contribution in [3.8, 4) is 0 Å². The third-order valence-corrected chi connectivity index (χ3v) is 2.02. The van der Waals surface area contributed by atoms with Crippen molar-refractivity contribution in [3.05, 3.63) is 0 Å². The Morgan fingerprint density at radius 1 is 1.14 bits per heavy atom. The summed E-state index contributed by atoms with van der Waals surface area (Å²) in [4.78, 5) is 20.8. The number of aliphatic hydroxyl groups excluding tert-OH is 1. The minimum absolute atomic E-state index is 0.0398. The van der Waals surface area contributed by atoms with Gasteiger partial charge in [0, 0.05) is 0 Å². The summed E-state index contributed by atoms with van der Waals surface area (Å²) >= 11 is 0. The van der Waals surface area contributed by atoms with Gasteiger partial charge in [0.05, 0.1) is 26.6 Å². The fraction of sp³-hybridized carbons (Fsp3) is 0.750. The van der Waals surface area contributed by atoms with Crippen LogP contribution < -0.4 is 0 Å². The lowest BCUT2D eigenvalue weighted by Gasteiger charge is -2.31. The van der Waals surface area contributed by atoms with Gasteiger partial charge in [-0.05, 0) is 0 Å². The van der Waals surface area contributed by atoms with Gasteiger partial charge in [-0.15, -0.1) is 0 Å². The highest BCUT2D eigenvalue weighted by atomic mass is 16.4. The topological polar surface area (TPSA) is 94.8 Å². The summed E-state index contributed by atoms with van der Waals surface area (Å²) in [5, 5.41) is 25.8. The molecule has 0 saturated carbocycles. The molecule has 0 rings (SSSR count). The maximum Gasteiger partial charge on any atom is 0.359 e. The Hall–Kier alpha value is -1.14. The second-order valence-corrected chi connectivity index (χ2v) is 3.49. The molecule has 0 aromatic heterocycles. The molecule has 1 atom stereocenters. The first-order valence-corrected chi connectivity index (χ1v) is 4.27. The zero-order valence-corrected chi connectivity index (χ0v) is 8.14. The highest BCUT2D eigenvalue weighted by molar-refractivity contribution is 5.68. The number of carboxylic acids is 2. The summed E-state index contributed by atoms with van der Waals surface area (Å²) in [5.41, 5.74) is 0. The number of likely N-dealkylation sites (N-methyl/N-ethyl adjacent to an activating group) is 1. The Morgan fingerprint density at radius 2 is 1.71 bits per heavy atom. The van der Waals surface area contributed by atoms with Crippen molar-refractivity contribution in [1.82, 2.24) is 0 Å². The van der Waals surface area contributed by atoms with E-state index in [-0.39, 0.29) is 37.1 Å². The van der Waals surface area contributed by atoms with Crippen LogP contribution in [-0.2, 0) is 9.59 Å². The number of aliphatic carboxylic acids is 2. The van der Waals surface area contributed by atoms with E-state index in [0.29, 0.717) is 0 Å². The molecule has 0 aliphatic carbocycles. The quantitative estimate of drug-likeness (QED) is 0.464. The minimum Gasteiger partial charge on any atom is -0.481 e. The molecular formula is C8H16NO5+. The Morgan fingerprint density at radius 3 is 2.07 bits per heavy atom. The average molecular weight is 206 g/mol. The van der Waals surface area contributed by atoms with E-state index in [1.54, 1.807) is 7.05 Å². The summed E-state index contributed by atoms with van der Waals surface area (Å²) in [7, 11) is 1.62. The maximum absolute atomic E-state index is 10.5. The van der Waals surface area contributed by atoms with E-state index in [0.717, 1.165) is 0 Å². The molecule has 6 heteroatoms. The molecule has 0 aliphatic rings. The molecule has 0 spiro atoms. The van der Waals surface area contributed by atoms with Crippen LogP contribution in [0.3, 0.4) is 0 Å². The van der Waals surface area contributed by atoms with Crippen molar-refractivity contribution in [3.63, 3.8) is 0 Å². The molecule has 0 aliphatic heterocycles. The van der Waals surface area contributed by atoms with Crippen LogP contribution in [0.5, 0.6) is 0 Å². The van der Waals surface area contributed by atoms with Crippen LogP contribution in [-0.4, -0.2) is 65.0 Å². The van der Waals surface area contributed by atoms with Gasteiger partial charge in [0.2, 0.25) is 0 Å². The van der Waals surface area contributed by atoms with Crippen LogP contribution in [0, 0.1) is 0 Å². The molecule has 82 valence electrons. The SMILES string of the molecule is C[N+](CCO)(CCC(=O)O)CC(=O)O. The number of carbonyl (C=O) groups is 2. The molecule has 3 N–H and O–H groups in total. The summed E-state index contributed by atoms with van der Waals surface area (Å²) < 4.78 is 0.0398. The van der Waals surface area contributed by atoms with Crippen LogP contribution >= 0.6 is 0 Å². The third-order valence-electron chi connectivity index (χ3n) is 2.02. The molecule has 0 aromatic rings. The molecule has 0 amide bonds. The van der Waals surface area contributed by atoms with Crippen molar-refractivity contribution >= 4 is 11.9 Å². The normalized spacial score (nSPS) is 14.7. The van der Waals surface area contributed by atoms with Gasteiger partial charge in [0.15, 0.2) is 6.54 Å². The van der Waals surface area contributed by atoms with Crippen LogP contribution in [0.15, 0.2) is 0 Å². The highest BCUT2D eigenvalue weighted by Gasteiger charge is 2.25. The lowest BCUT2D eigenvalue weighted by Crippen LogP contribution is -2.50. The van der Waals surface area contributed by atoms with E-state index in [4.69, 9.17) is 15.3 Å². The number of hydrogen-bond donors (Lipinski definition) is 3. The fourth-order valence-electron chi connectivity index (χ4n) is 1.20. The Labute approximate surface area is 82.0 Å². The molecule has 0 radical (unpaired) electrons. The molecule has 1 unspecified atom stereocenters. The van der Waals surface area contributed by atoms with Crippen molar-refractivity contribution in [2.24, 2.45) is 0 Å². The second-order valence-electron chi connectivity index (χ2n) is 3.49. The number of nitrogens with zero attached hydrogens (tertiary/aromatic N) is 1. The number of aliphatic hydroxyl groups is 1. The minimum atomic E-state index is -0.994. The van der Waals surface area contributed by atoms with Gasteiger partial charge >= 0.3 is 11.9 Å². The van der Waals surface area contributed by atoms with E-state index in [1.165, 1.54) is 0 Å². The van der Waals surface area contributed by atoms with E-state index in [2.05, 4.69) is 0 Å². The lowest BCUT2D eigenvalue weighted by molar-refractivity contribution is -0.902. The van der Waals surface area contributed by atoms with Gasteiger partial charge in [0.25, 0.3) is 0 Å². The highest BCUT2D eigenvalue weighted by Crippen LogP contribution is 2.03. The van der Waals surface area contributed by atoms with Gasteiger partial charge in [-0.25, -0.2) is 4.79 Å². The first-order chi connectivity index (χ1) is 6.39. The molecule has 0 heterocycles. The smallest absolute Gasteiger partial charge is 0.359 e. The first kappa shape index (κ1) is 12.9. The van der Waals surface area contributed by atoms with Crippen LogP contribution in [0.1, 0.15) is 6.42 Å². The van der Waals surface area contributed by atoms with E-state index >= 15 is 0 Å². The summed E-state index contributed by atoms with van der Waals surface area (Å²) in [6.45, 7) is 0.138. The van der Waals surface area contributed by atoms with Crippen LogP contribution in [0.25, 0.3) is 0 Å². The van der Waals surface area contributed by atoms with Gasteiger partial charge in [-0.3, -0.25) is 4.79 Å². The maximum atomic E-state index is 10.5. The molecule has 14 heavy (non-hydrogen) atoms. The van der Waals surface area contributed by atoms with Crippen molar-refractivity contribution in [1.29, 1.82) is 0 Å². The molecule has 0 fully saturated rings. The van der Waals surface area contributed by atoms with E-state index in [1.807, 2.05) is 0 Å². The number of carboxylic acid groups (broad SMARTS) is 2. The second kappa shape index (κ2) is 5.56. The summed E-state index contributed by atoms with van der Waals surface area (Å²) in [6.07, 6.45) is -0.0935. The standard InChI is InChI=1S/C8H15NO5/c1-9(4-5-10,6-8(13)14)3-2-7(11)12/h10H,2-6H2,1H3,(H-,11,12,13,14)/p+1. The summed E-state index contributed by atoms with van der Waals surface area (Å²) in [6, 6.07) is 0. The predicted molar refractivity (Wildman–Crippen MR) is 47.8 cm³/mol. The Kier molecular flexibility index (Phi) is 5.11. The average Bonchev–Trinajstić information content (AvgIpc) is 2.00. The molecule has 0 aromatic carbocycles. The fourth-order valence-corrected chi connectivity index (χ4v) is 1.20. The molecule has 6 nitrogen and oxygen atoms in total. The van der Waals surface area contributed by atoms with E-state index in [9.17, 15) is 9.59 Å². The lowest BCUT2D eigenvalue weighted by atomic mass is 10.3. The van der Waals surface area contributed by atoms with Crippen molar-refractivity contribution in [2.45, 2.75) is 6.42 Å². The Balaban J connectivity index is 4.22. The number of quaternary nitrogens is 1. The molecule has 0 saturated heterocycles. The number of hydrogen-bond acceptors (Lipinski definition) is 3. The van der Waals surface area contributed by atoms with Crippen LogP contribution in [0.2, 0.25) is 0 Å². The van der Waals surface area contributed by atoms with Gasteiger partial charge in [0.1, 0.15) is 6.54 Å². The third kappa shape index (κ3) is 5.50. The predicted octanol–water partition coefficient (Wildman–Crippen LogP) is -1.02. The van der Waals surface area contributed by atoms with E-state index < -0.39 is 11.9 Å². The van der Waals surface area contributed by atoms with Crippen LogP contribution in [0.4, 0.5) is 0 Å². The summed E-state index contributed by atoms with van der Waals surface area (Å²) in [5.74, 6) is -1.95. The monoisotopic (exact) mass is 206 g/mol. The number of rotatable bonds is 7. The zero-order chi connectivity index (χ0) is 11.2. The van der Waals surface area contributed by atoms with Gasteiger partial charge < -0.3 is 19.8 Å². The molecular weight excluding hydrogens is 190 g/mol. The van der Waals surface area contributed by atoms with Crippen molar-refractivity contribution < 1.29 is 29.4 Å². The van der Waals surface area contributed by atoms with Gasteiger partial charge in [-0.1, -0.05) is 0 Å². The van der Waals surface area contributed by atoms with Gasteiger partial charge in [-0.2, -0.15) is 0 Å². The largest absolute Gasteiger partial charge is 0.481 e.